The highest BCUT2D eigenvalue weighted by atomic mass is 14.5. The predicted molar refractivity (Wildman–Crippen MR) is 196 cm³/mol. The smallest absolute Gasteiger partial charge is 0.0159 e. The van der Waals surface area contributed by atoms with Gasteiger partial charge in [-0.25, -0.2) is 0 Å². The van der Waals surface area contributed by atoms with E-state index >= 15 is 0 Å². The Kier molecular flexibility index (Phi) is 5.78. The summed E-state index contributed by atoms with van der Waals surface area (Å²) in [5.74, 6) is 0.401. The van der Waals surface area contributed by atoms with Crippen LogP contribution in [0.5, 0.6) is 0 Å². The van der Waals surface area contributed by atoms with Gasteiger partial charge in [0.05, 0.1) is 0 Å². The SMILES string of the molecule is CC1=CC(c2cccc3ccccc23)CC2=C1C1=C(C3=C(CC1)c1c(C)cc(-c4cccc5ccccc45)cc1C3(C)C)C2(C)C. The van der Waals surface area contributed by atoms with Gasteiger partial charge < -0.3 is 0 Å². The molecule has 0 N–H and O–H groups in total. The molecule has 226 valence electrons. The molecule has 5 aromatic rings. The third-order valence-electron chi connectivity index (χ3n) is 12.0. The average molecular weight is 595 g/mol. The second-order valence-electron chi connectivity index (χ2n) is 15.3. The van der Waals surface area contributed by atoms with Gasteiger partial charge in [0.2, 0.25) is 0 Å². The highest BCUT2D eigenvalue weighted by Gasteiger charge is 2.51. The summed E-state index contributed by atoms with van der Waals surface area (Å²) in [5, 5.41) is 5.37. The number of rotatable bonds is 2. The minimum Gasteiger partial charge on any atom is -0.0731 e. The summed E-state index contributed by atoms with van der Waals surface area (Å²) >= 11 is 0. The molecule has 0 saturated carbocycles. The van der Waals surface area contributed by atoms with Crippen LogP contribution in [-0.2, 0) is 5.41 Å². The summed E-state index contributed by atoms with van der Waals surface area (Å²) in [5.41, 5.74) is 19.8. The van der Waals surface area contributed by atoms with Gasteiger partial charge in [0, 0.05) is 16.7 Å². The zero-order valence-electron chi connectivity index (χ0n) is 28.0. The minimum absolute atomic E-state index is 0.00426. The fourth-order valence-corrected chi connectivity index (χ4v) is 10.0. The van der Waals surface area contributed by atoms with Gasteiger partial charge in [-0.3, -0.25) is 0 Å². The van der Waals surface area contributed by atoms with Crippen LogP contribution in [0.15, 0.2) is 137 Å². The zero-order valence-corrected chi connectivity index (χ0v) is 28.0. The Labute approximate surface area is 273 Å². The lowest BCUT2D eigenvalue weighted by Crippen LogP contribution is -2.27. The Morgan fingerprint density at radius 2 is 1.26 bits per heavy atom. The maximum atomic E-state index is 2.59. The first-order chi connectivity index (χ1) is 22.2. The van der Waals surface area contributed by atoms with Gasteiger partial charge in [-0.05, 0) is 128 Å². The molecule has 0 amide bonds. The van der Waals surface area contributed by atoms with Crippen LogP contribution < -0.4 is 0 Å². The number of hydrogen-bond acceptors (Lipinski definition) is 0. The van der Waals surface area contributed by atoms with Crippen LogP contribution in [0.25, 0.3) is 38.2 Å². The van der Waals surface area contributed by atoms with Crippen LogP contribution >= 0.6 is 0 Å². The van der Waals surface area contributed by atoms with E-state index in [0.29, 0.717) is 5.92 Å². The van der Waals surface area contributed by atoms with Gasteiger partial charge in [0.15, 0.2) is 0 Å². The maximum absolute atomic E-state index is 2.59. The molecule has 9 rings (SSSR count). The Hall–Kier alpha value is -4.42. The average Bonchev–Trinajstić information content (AvgIpc) is 3.43. The number of hydrogen-bond donors (Lipinski definition) is 0. The molecule has 0 saturated heterocycles. The first kappa shape index (κ1) is 27.9. The lowest BCUT2D eigenvalue weighted by molar-refractivity contribution is 0.494. The molecule has 0 bridgehead atoms. The van der Waals surface area contributed by atoms with Crippen molar-refractivity contribution in [3.05, 3.63) is 159 Å². The van der Waals surface area contributed by atoms with Crippen molar-refractivity contribution < 1.29 is 0 Å². The van der Waals surface area contributed by atoms with Crippen molar-refractivity contribution in [2.24, 2.45) is 5.41 Å². The van der Waals surface area contributed by atoms with Crippen molar-refractivity contribution in [2.45, 2.75) is 72.1 Å². The van der Waals surface area contributed by atoms with E-state index in [1.807, 2.05) is 0 Å². The van der Waals surface area contributed by atoms with Gasteiger partial charge in [0.1, 0.15) is 0 Å². The molecule has 0 spiro atoms. The molecular weight excluding hydrogens is 553 g/mol. The third kappa shape index (κ3) is 3.68. The maximum Gasteiger partial charge on any atom is 0.0159 e. The van der Waals surface area contributed by atoms with Crippen LogP contribution in [0.2, 0.25) is 0 Å². The highest BCUT2D eigenvalue weighted by Crippen LogP contribution is 2.65. The first-order valence-corrected chi connectivity index (χ1v) is 17.2. The van der Waals surface area contributed by atoms with E-state index in [-0.39, 0.29) is 10.8 Å². The van der Waals surface area contributed by atoms with Crippen LogP contribution in [0.4, 0.5) is 0 Å². The molecule has 0 radical (unpaired) electrons. The van der Waals surface area contributed by atoms with E-state index in [0.717, 1.165) is 19.3 Å². The van der Waals surface area contributed by atoms with Crippen molar-refractivity contribution >= 4 is 27.1 Å². The molecule has 4 aliphatic carbocycles. The van der Waals surface area contributed by atoms with E-state index in [4.69, 9.17) is 0 Å². The van der Waals surface area contributed by atoms with Gasteiger partial charge >= 0.3 is 0 Å². The van der Waals surface area contributed by atoms with Crippen LogP contribution in [0, 0.1) is 12.3 Å². The zero-order chi connectivity index (χ0) is 31.5. The lowest BCUT2D eigenvalue weighted by Gasteiger charge is -2.37. The van der Waals surface area contributed by atoms with Gasteiger partial charge in [-0.1, -0.05) is 130 Å². The largest absolute Gasteiger partial charge is 0.0731 e. The molecule has 0 aliphatic heterocycles. The quantitative estimate of drug-likeness (QED) is 0.191. The Morgan fingerprint density at radius 1 is 0.630 bits per heavy atom. The Morgan fingerprint density at radius 3 is 2.04 bits per heavy atom. The number of aryl methyl sites for hydroxylation is 1. The molecule has 0 aromatic heterocycles. The van der Waals surface area contributed by atoms with Gasteiger partial charge in [-0.2, -0.15) is 0 Å². The summed E-state index contributed by atoms with van der Waals surface area (Å²) in [6.45, 7) is 14.8. The van der Waals surface area contributed by atoms with E-state index < -0.39 is 0 Å². The minimum atomic E-state index is -0.0600. The first-order valence-electron chi connectivity index (χ1n) is 17.2. The standard InChI is InChI=1S/C46H42/c1-27-23-31(35-19-11-15-29-13-7-9-17-33(29)35)25-39-41(27)37-21-22-38-42-28(2)24-32(36-20-12-16-30-14-8-10-18-34(30)36)26-40(42)46(5,6)44(38)43(37)45(39,3)4/h7-20,23-25,32H,21-22,26H2,1-6H3. The highest BCUT2D eigenvalue weighted by molar-refractivity contribution is 5.98. The van der Waals surface area contributed by atoms with Crippen LogP contribution in [0.1, 0.15) is 82.1 Å². The number of benzene rings is 5. The molecule has 46 heavy (non-hydrogen) atoms. The molecule has 5 aromatic carbocycles. The van der Waals surface area contributed by atoms with Gasteiger partial charge in [-0.15, -0.1) is 0 Å². The molecule has 1 atom stereocenters. The van der Waals surface area contributed by atoms with E-state index in [1.165, 1.54) is 60.5 Å². The Bertz CT molecular complexity index is 2280. The van der Waals surface area contributed by atoms with Crippen molar-refractivity contribution in [3.8, 4) is 11.1 Å². The molecule has 0 heterocycles. The molecule has 4 aliphatic rings. The normalized spacial score (nSPS) is 21.0. The second-order valence-corrected chi connectivity index (χ2v) is 15.3. The summed E-state index contributed by atoms with van der Waals surface area (Å²) in [4.78, 5) is 0. The van der Waals surface area contributed by atoms with Crippen LogP contribution in [0.3, 0.4) is 0 Å². The molecule has 1 unspecified atom stereocenters. The summed E-state index contributed by atoms with van der Waals surface area (Å²) in [6, 6.07) is 36.4. The second kappa shape index (κ2) is 9.55. The Balaban J connectivity index is 1.15. The lowest BCUT2D eigenvalue weighted by atomic mass is 9.66. The van der Waals surface area contributed by atoms with E-state index in [1.54, 1.807) is 33.4 Å². The molecule has 0 fully saturated rings. The summed E-state index contributed by atoms with van der Waals surface area (Å²) in [7, 11) is 0. The van der Waals surface area contributed by atoms with Crippen molar-refractivity contribution in [1.82, 2.24) is 0 Å². The fourth-order valence-electron chi connectivity index (χ4n) is 10.0. The van der Waals surface area contributed by atoms with Crippen LogP contribution in [-0.4, -0.2) is 0 Å². The molecular formula is C46H42. The molecule has 0 heteroatoms. The third-order valence-corrected chi connectivity index (χ3v) is 12.0. The monoisotopic (exact) mass is 594 g/mol. The van der Waals surface area contributed by atoms with E-state index in [9.17, 15) is 0 Å². The molecule has 0 nitrogen and oxygen atoms in total. The predicted octanol–water partition coefficient (Wildman–Crippen LogP) is 12.6. The number of allylic oxidation sites excluding steroid dienone is 8. The summed E-state index contributed by atoms with van der Waals surface area (Å²) in [6.07, 6.45) is 5.96. The van der Waals surface area contributed by atoms with Crippen molar-refractivity contribution in [2.75, 3.05) is 0 Å². The van der Waals surface area contributed by atoms with E-state index in [2.05, 4.69) is 145 Å². The van der Waals surface area contributed by atoms with Gasteiger partial charge in [0.25, 0.3) is 0 Å². The topological polar surface area (TPSA) is 0 Å². The fraction of sp³-hybridized carbons (Fsp3) is 0.261. The number of fused-ring (bicyclic) bond motifs is 6. The van der Waals surface area contributed by atoms with Crippen molar-refractivity contribution in [1.29, 1.82) is 0 Å². The summed E-state index contributed by atoms with van der Waals surface area (Å²) < 4.78 is 0. The van der Waals surface area contributed by atoms with Crippen molar-refractivity contribution in [3.63, 3.8) is 0 Å².